The molecule has 0 radical (unpaired) electrons. The van der Waals surface area contributed by atoms with Gasteiger partial charge in [0.15, 0.2) is 0 Å². The van der Waals surface area contributed by atoms with E-state index in [0.717, 1.165) is 0 Å². The molecule has 1 atom stereocenters. The summed E-state index contributed by atoms with van der Waals surface area (Å²) in [6.45, 7) is 3.09. The average Bonchev–Trinajstić information content (AvgIpc) is 2.24. The summed E-state index contributed by atoms with van der Waals surface area (Å²) >= 11 is 0. The zero-order chi connectivity index (χ0) is 11.1. The highest BCUT2D eigenvalue weighted by atomic mass is 19.4. The highest BCUT2D eigenvalue weighted by Crippen LogP contribution is 2.33. The number of hydrogen-bond acceptors (Lipinski definition) is 2. The first-order chi connectivity index (χ1) is 6.25. The molecule has 14 heavy (non-hydrogen) atoms. The van der Waals surface area contributed by atoms with Crippen LogP contribution in [-0.4, -0.2) is 16.0 Å². The van der Waals surface area contributed by atoms with Crippen LogP contribution < -0.4 is 5.73 Å². The van der Waals surface area contributed by atoms with Crippen LogP contribution in [0.1, 0.15) is 23.0 Å². The normalized spacial score (nSPS) is 14.5. The maximum Gasteiger partial charge on any atom is 0.407 e. The van der Waals surface area contributed by atoms with Crippen LogP contribution in [0, 0.1) is 13.8 Å². The van der Waals surface area contributed by atoms with Crippen molar-refractivity contribution in [1.82, 2.24) is 9.78 Å². The first-order valence-corrected chi connectivity index (χ1v) is 4.07. The van der Waals surface area contributed by atoms with Crippen molar-refractivity contribution < 1.29 is 13.2 Å². The van der Waals surface area contributed by atoms with Crippen molar-refractivity contribution in [2.24, 2.45) is 12.8 Å². The lowest BCUT2D eigenvalue weighted by molar-refractivity contribution is -0.149. The molecule has 0 amide bonds. The predicted octanol–water partition coefficient (Wildman–Crippen LogP) is 1.60. The summed E-state index contributed by atoms with van der Waals surface area (Å²) < 4.78 is 38.4. The minimum absolute atomic E-state index is 0.0694. The molecule has 2 N–H and O–H groups in total. The van der Waals surface area contributed by atoms with E-state index in [1.54, 1.807) is 14.0 Å². The number of aryl methyl sites for hydroxylation is 2. The Labute approximate surface area is 79.7 Å². The minimum atomic E-state index is -4.42. The largest absolute Gasteiger partial charge is 0.407 e. The molecule has 0 unspecified atom stereocenters. The molecule has 0 aliphatic carbocycles. The van der Waals surface area contributed by atoms with Crippen LogP contribution >= 0.6 is 0 Å². The second kappa shape index (κ2) is 3.27. The van der Waals surface area contributed by atoms with Gasteiger partial charge in [0.2, 0.25) is 0 Å². The van der Waals surface area contributed by atoms with Crippen molar-refractivity contribution in [3.63, 3.8) is 0 Å². The number of alkyl halides is 3. The van der Waals surface area contributed by atoms with E-state index in [1.807, 2.05) is 0 Å². The Morgan fingerprint density at radius 1 is 1.36 bits per heavy atom. The molecule has 6 heteroatoms. The summed E-state index contributed by atoms with van der Waals surface area (Å²) in [4.78, 5) is 0. The molecule has 80 valence electrons. The Bertz CT molecular complexity index is 340. The van der Waals surface area contributed by atoms with Gasteiger partial charge in [-0.05, 0) is 13.8 Å². The third-order valence-electron chi connectivity index (χ3n) is 2.23. The average molecular weight is 207 g/mol. The van der Waals surface area contributed by atoms with Gasteiger partial charge in [0.05, 0.1) is 5.69 Å². The minimum Gasteiger partial charge on any atom is -0.316 e. The van der Waals surface area contributed by atoms with Gasteiger partial charge in [-0.1, -0.05) is 0 Å². The zero-order valence-corrected chi connectivity index (χ0v) is 8.18. The Hall–Kier alpha value is -1.04. The summed E-state index contributed by atoms with van der Waals surface area (Å²) in [5.41, 5.74) is 5.96. The van der Waals surface area contributed by atoms with Gasteiger partial charge >= 0.3 is 6.18 Å². The Morgan fingerprint density at radius 3 is 2.14 bits per heavy atom. The molecule has 1 rings (SSSR count). The van der Waals surface area contributed by atoms with Crippen molar-refractivity contribution in [2.45, 2.75) is 26.1 Å². The van der Waals surface area contributed by atoms with Crippen LogP contribution in [-0.2, 0) is 7.05 Å². The fraction of sp³-hybridized carbons (Fsp3) is 0.625. The molecule has 0 aliphatic heterocycles. The maximum atomic E-state index is 12.3. The number of nitrogens with zero attached hydrogens (tertiary/aromatic N) is 2. The van der Waals surface area contributed by atoms with E-state index in [-0.39, 0.29) is 5.56 Å². The molecule has 1 heterocycles. The van der Waals surface area contributed by atoms with Crippen molar-refractivity contribution >= 4 is 0 Å². The van der Waals surface area contributed by atoms with Gasteiger partial charge in [-0.3, -0.25) is 4.68 Å². The summed E-state index contributed by atoms with van der Waals surface area (Å²) in [6, 6.07) is -1.95. The predicted molar refractivity (Wildman–Crippen MR) is 45.7 cm³/mol. The van der Waals surface area contributed by atoms with E-state index in [2.05, 4.69) is 5.10 Å². The highest BCUT2D eigenvalue weighted by Gasteiger charge is 2.40. The second-order valence-electron chi connectivity index (χ2n) is 3.23. The molecule has 0 fully saturated rings. The molecule has 0 aromatic carbocycles. The lowest BCUT2D eigenvalue weighted by Crippen LogP contribution is -2.29. The van der Waals surface area contributed by atoms with Crippen molar-refractivity contribution in [3.05, 3.63) is 17.0 Å². The summed E-state index contributed by atoms with van der Waals surface area (Å²) in [6.07, 6.45) is -4.42. The topological polar surface area (TPSA) is 43.8 Å². The third kappa shape index (κ3) is 1.75. The molecule has 0 bridgehead atoms. The van der Waals surface area contributed by atoms with Crippen LogP contribution in [0.3, 0.4) is 0 Å². The molecule has 0 saturated heterocycles. The van der Waals surface area contributed by atoms with Gasteiger partial charge < -0.3 is 5.73 Å². The number of hydrogen-bond donors (Lipinski definition) is 1. The maximum absolute atomic E-state index is 12.3. The molecule has 0 aliphatic rings. The van der Waals surface area contributed by atoms with Gasteiger partial charge in [-0.25, -0.2) is 0 Å². The first kappa shape index (κ1) is 11.0. The monoisotopic (exact) mass is 207 g/mol. The van der Waals surface area contributed by atoms with Crippen molar-refractivity contribution in [1.29, 1.82) is 0 Å². The van der Waals surface area contributed by atoms with E-state index < -0.39 is 12.2 Å². The number of aromatic nitrogens is 2. The molecule has 1 aromatic heterocycles. The lowest BCUT2D eigenvalue weighted by Gasteiger charge is -2.15. The highest BCUT2D eigenvalue weighted by molar-refractivity contribution is 5.28. The molecule has 1 aromatic rings. The van der Waals surface area contributed by atoms with E-state index in [1.165, 1.54) is 11.6 Å². The smallest absolute Gasteiger partial charge is 0.316 e. The van der Waals surface area contributed by atoms with Gasteiger partial charge in [0, 0.05) is 18.3 Å². The van der Waals surface area contributed by atoms with E-state index in [4.69, 9.17) is 5.73 Å². The Kier molecular flexibility index (Phi) is 2.58. The molecule has 0 saturated carbocycles. The molecular weight excluding hydrogens is 195 g/mol. The molecule has 3 nitrogen and oxygen atoms in total. The number of halogens is 3. The number of rotatable bonds is 1. The van der Waals surface area contributed by atoms with Crippen molar-refractivity contribution in [2.75, 3.05) is 0 Å². The van der Waals surface area contributed by atoms with Crippen molar-refractivity contribution in [3.8, 4) is 0 Å². The Morgan fingerprint density at radius 2 is 1.86 bits per heavy atom. The fourth-order valence-corrected chi connectivity index (χ4v) is 1.40. The summed E-state index contributed by atoms with van der Waals surface area (Å²) in [5.74, 6) is 0. The first-order valence-electron chi connectivity index (χ1n) is 4.07. The van der Waals surface area contributed by atoms with Crippen LogP contribution in [0.4, 0.5) is 13.2 Å². The van der Waals surface area contributed by atoms with Crippen LogP contribution in [0.15, 0.2) is 0 Å². The van der Waals surface area contributed by atoms with Gasteiger partial charge in [0.25, 0.3) is 0 Å². The summed E-state index contributed by atoms with van der Waals surface area (Å²) in [7, 11) is 1.59. The SMILES string of the molecule is Cc1nn(C)c(C)c1[C@H](N)C(F)(F)F. The third-order valence-corrected chi connectivity index (χ3v) is 2.23. The van der Waals surface area contributed by atoms with Crippen LogP contribution in [0.5, 0.6) is 0 Å². The number of nitrogens with two attached hydrogens (primary N) is 1. The molecular formula is C8H12F3N3. The quantitative estimate of drug-likeness (QED) is 0.760. The van der Waals surface area contributed by atoms with Crippen LogP contribution in [0.25, 0.3) is 0 Å². The second-order valence-corrected chi connectivity index (χ2v) is 3.23. The summed E-state index contributed by atoms with van der Waals surface area (Å²) in [5, 5.41) is 3.88. The zero-order valence-electron chi connectivity index (χ0n) is 8.18. The fourth-order valence-electron chi connectivity index (χ4n) is 1.40. The van der Waals surface area contributed by atoms with Gasteiger partial charge in [0.1, 0.15) is 6.04 Å². The standard InChI is InChI=1S/C8H12F3N3/c1-4-6(5(2)14(3)13-4)7(12)8(9,10)11/h7H,12H2,1-3H3/t7-/m0/s1. The van der Waals surface area contributed by atoms with Gasteiger partial charge in [-0.2, -0.15) is 18.3 Å². The van der Waals surface area contributed by atoms with E-state index in [0.29, 0.717) is 11.4 Å². The van der Waals surface area contributed by atoms with E-state index >= 15 is 0 Å². The molecule has 0 spiro atoms. The van der Waals surface area contributed by atoms with E-state index in [9.17, 15) is 13.2 Å². The lowest BCUT2D eigenvalue weighted by atomic mass is 10.1. The Balaban J connectivity index is 3.19. The van der Waals surface area contributed by atoms with Crippen LogP contribution in [0.2, 0.25) is 0 Å². The van der Waals surface area contributed by atoms with Gasteiger partial charge in [-0.15, -0.1) is 0 Å².